The highest BCUT2D eigenvalue weighted by Gasteiger charge is 2.41. The van der Waals surface area contributed by atoms with Crippen molar-refractivity contribution in [2.24, 2.45) is 5.41 Å². The van der Waals surface area contributed by atoms with Crippen molar-refractivity contribution in [3.8, 4) is 5.75 Å². The second-order valence-electron chi connectivity index (χ2n) is 8.31. The molecule has 1 fully saturated rings. The molecule has 1 aliphatic heterocycles. The predicted octanol–water partition coefficient (Wildman–Crippen LogP) is 2.28. The summed E-state index contributed by atoms with van der Waals surface area (Å²) in [5.74, 6) is 0.482. The molecule has 144 valence electrons. The molecule has 1 aromatic carbocycles. The molecular formula is C20H31N3O3. The van der Waals surface area contributed by atoms with E-state index in [1.54, 1.807) is 25.9 Å². The summed E-state index contributed by atoms with van der Waals surface area (Å²) < 4.78 is 5.19. The van der Waals surface area contributed by atoms with E-state index in [1.807, 2.05) is 45.0 Å². The first kappa shape index (κ1) is 20.1. The molecule has 0 atom stereocenters. The number of ether oxygens (including phenoxy) is 1. The lowest BCUT2D eigenvalue weighted by Gasteiger charge is -2.39. The van der Waals surface area contributed by atoms with Crippen LogP contribution in [0, 0.1) is 5.41 Å². The number of carbonyl (C=O) groups excluding carboxylic acids is 2. The number of anilines is 1. The number of hydrogen-bond donors (Lipinski definition) is 1. The molecule has 6 nitrogen and oxygen atoms in total. The summed E-state index contributed by atoms with van der Waals surface area (Å²) in [5.41, 5.74) is -0.320. The zero-order valence-corrected chi connectivity index (χ0v) is 16.8. The van der Waals surface area contributed by atoms with Crippen molar-refractivity contribution in [2.45, 2.75) is 40.2 Å². The Hall–Kier alpha value is -2.24. The Morgan fingerprint density at radius 2 is 1.50 bits per heavy atom. The standard InChI is InChI=1S/C20H31N3O3/c1-19(2,3)21-17(24)20(4,5)18(25)23-13-11-22(12-14-23)15-7-9-16(26-6)10-8-15/h7-10H,11-14H2,1-6H3,(H,21,24). The summed E-state index contributed by atoms with van der Waals surface area (Å²) >= 11 is 0. The van der Waals surface area contributed by atoms with Gasteiger partial charge >= 0.3 is 0 Å². The minimum absolute atomic E-state index is 0.117. The zero-order chi connectivity index (χ0) is 19.5. The Morgan fingerprint density at radius 3 is 1.96 bits per heavy atom. The van der Waals surface area contributed by atoms with Crippen LogP contribution in [0.4, 0.5) is 5.69 Å². The fraction of sp³-hybridized carbons (Fsp3) is 0.600. The maximum atomic E-state index is 12.9. The van der Waals surface area contributed by atoms with Crippen LogP contribution in [-0.4, -0.2) is 55.5 Å². The minimum atomic E-state index is -1.07. The summed E-state index contributed by atoms with van der Waals surface area (Å²) in [7, 11) is 1.65. The van der Waals surface area contributed by atoms with E-state index in [-0.39, 0.29) is 17.4 Å². The van der Waals surface area contributed by atoms with E-state index in [0.717, 1.165) is 24.5 Å². The Labute approximate surface area is 156 Å². The predicted molar refractivity (Wildman–Crippen MR) is 103 cm³/mol. The first-order valence-electron chi connectivity index (χ1n) is 9.05. The van der Waals surface area contributed by atoms with E-state index >= 15 is 0 Å². The van der Waals surface area contributed by atoms with Crippen molar-refractivity contribution < 1.29 is 14.3 Å². The van der Waals surface area contributed by atoms with Crippen LogP contribution in [0.5, 0.6) is 5.75 Å². The van der Waals surface area contributed by atoms with Crippen LogP contribution in [0.3, 0.4) is 0 Å². The van der Waals surface area contributed by atoms with E-state index in [2.05, 4.69) is 10.2 Å². The third kappa shape index (κ3) is 4.68. The van der Waals surface area contributed by atoms with E-state index in [1.165, 1.54) is 0 Å². The molecule has 1 aromatic rings. The number of benzene rings is 1. The average Bonchev–Trinajstić information content (AvgIpc) is 2.60. The van der Waals surface area contributed by atoms with Crippen LogP contribution >= 0.6 is 0 Å². The molecule has 26 heavy (non-hydrogen) atoms. The van der Waals surface area contributed by atoms with E-state index < -0.39 is 5.41 Å². The first-order valence-corrected chi connectivity index (χ1v) is 9.05. The molecule has 0 aliphatic carbocycles. The Morgan fingerprint density at radius 1 is 0.962 bits per heavy atom. The first-order chi connectivity index (χ1) is 12.0. The van der Waals surface area contributed by atoms with Gasteiger partial charge in [-0.1, -0.05) is 0 Å². The molecule has 1 N–H and O–H groups in total. The van der Waals surface area contributed by atoms with Crippen LogP contribution in [-0.2, 0) is 9.59 Å². The Balaban J connectivity index is 1.97. The van der Waals surface area contributed by atoms with Gasteiger partial charge < -0.3 is 19.9 Å². The molecule has 1 saturated heterocycles. The molecule has 0 aromatic heterocycles. The number of piperazine rings is 1. The number of nitrogens with zero attached hydrogens (tertiary/aromatic N) is 2. The van der Waals surface area contributed by atoms with Crippen molar-refractivity contribution in [3.63, 3.8) is 0 Å². The van der Waals surface area contributed by atoms with Crippen molar-refractivity contribution in [2.75, 3.05) is 38.2 Å². The van der Waals surface area contributed by atoms with Gasteiger partial charge in [0.15, 0.2) is 0 Å². The summed E-state index contributed by atoms with van der Waals surface area (Å²) in [5, 5.41) is 2.92. The van der Waals surface area contributed by atoms with Gasteiger partial charge in [0.05, 0.1) is 7.11 Å². The molecule has 1 aliphatic rings. The highest BCUT2D eigenvalue weighted by atomic mass is 16.5. The number of rotatable bonds is 4. The maximum absolute atomic E-state index is 12.9. The van der Waals surface area contributed by atoms with Crippen molar-refractivity contribution in [3.05, 3.63) is 24.3 Å². The molecule has 2 amide bonds. The SMILES string of the molecule is COc1ccc(N2CCN(C(=O)C(C)(C)C(=O)NC(C)(C)C)CC2)cc1. The lowest BCUT2D eigenvalue weighted by Crippen LogP contribution is -2.57. The number of hydrogen-bond acceptors (Lipinski definition) is 4. The van der Waals surface area contributed by atoms with E-state index in [0.29, 0.717) is 13.1 Å². The second-order valence-corrected chi connectivity index (χ2v) is 8.31. The molecule has 0 spiro atoms. The third-order valence-electron chi connectivity index (χ3n) is 4.60. The van der Waals surface area contributed by atoms with Gasteiger partial charge in [-0.2, -0.15) is 0 Å². The van der Waals surface area contributed by atoms with Gasteiger partial charge in [0, 0.05) is 37.4 Å². The number of methoxy groups -OCH3 is 1. The number of nitrogens with one attached hydrogen (secondary N) is 1. The zero-order valence-electron chi connectivity index (χ0n) is 16.8. The average molecular weight is 361 g/mol. The van der Waals surface area contributed by atoms with Crippen molar-refractivity contribution in [1.82, 2.24) is 10.2 Å². The molecule has 1 heterocycles. The van der Waals surface area contributed by atoms with Gasteiger partial charge in [0.2, 0.25) is 11.8 Å². The monoisotopic (exact) mass is 361 g/mol. The molecule has 0 unspecified atom stereocenters. The molecule has 0 saturated carbocycles. The molecule has 2 rings (SSSR count). The van der Waals surface area contributed by atoms with Crippen LogP contribution in [0.1, 0.15) is 34.6 Å². The van der Waals surface area contributed by atoms with Gasteiger partial charge in [-0.25, -0.2) is 0 Å². The van der Waals surface area contributed by atoms with Gasteiger partial charge in [0.1, 0.15) is 11.2 Å². The molecule has 0 bridgehead atoms. The Kier molecular flexibility index (Phi) is 5.84. The largest absolute Gasteiger partial charge is 0.497 e. The van der Waals surface area contributed by atoms with Crippen molar-refractivity contribution >= 4 is 17.5 Å². The lowest BCUT2D eigenvalue weighted by atomic mass is 9.88. The van der Waals surface area contributed by atoms with Crippen LogP contribution in [0.25, 0.3) is 0 Å². The summed E-state index contributed by atoms with van der Waals surface area (Å²) in [6.45, 7) is 11.9. The van der Waals surface area contributed by atoms with Gasteiger partial charge in [-0.15, -0.1) is 0 Å². The maximum Gasteiger partial charge on any atom is 0.237 e. The van der Waals surface area contributed by atoms with Gasteiger partial charge in [-0.3, -0.25) is 9.59 Å². The lowest BCUT2D eigenvalue weighted by molar-refractivity contribution is -0.149. The molecule has 6 heteroatoms. The van der Waals surface area contributed by atoms with Gasteiger partial charge in [0.25, 0.3) is 0 Å². The fourth-order valence-electron chi connectivity index (χ4n) is 2.95. The summed E-state index contributed by atoms with van der Waals surface area (Å²) in [4.78, 5) is 29.5. The van der Waals surface area contributed by atoms with Gasteiger partial charge in [-0.05, 0) is 58.9 Å². The second kappa shape index (κ2) is 7.56. The van der Waals surface area contributed by atoms with Crippen LogP contribution < -0.4 is 15.0 Å². The summed E-state index contributed by atoms with van der Waals surface area (Å²) in [6.07, 6.45) is 0. The number of carbonyl (C=O) groups is 2. The Bertz CT molecular complexity index is 639. The van der Waals surface area contributed by atoms with E-state index in [4.69, 9.17) is 4.74 Å². The minimum Gasteiger partial charge on any atom is -0.497 e. The number of amides is 2. The smallest absolute Gasteiger partial charge is 0.237 e. The van der Waals surface area contributed by atoms with E-state index in [9.17, 15) is 9.59 Å². The van der Waals surface area contributed by atoms with Crippen LogP contribution in [0.15, 0.2) is 24.3 Å². The molecular weight excluding hydrogens is 330 g/mol. The normalized spacial score (nSPS) is 15.6. The highest BCUT2D eigenvalue weighted by Crippen LogP contribution is 2.24. The quantitative estimate of drug-likeness (QED) is 0.836. The topological polar surface area (TPSA) is 61.9 Å². The third-order valence-corrected chi connectivity index (χ3v) is 4.60. The molecule has 0 radical (unpaired) electrons. The fourth-order valence-corrected chi connectivity index (χ4v) is 2.95. The van der Waals surface area contributed by atoms with Crippen LogP contribution in [0.2, 0.25) is 0 Å². The summed E-state index contributed by atoms with van der Waals surface area (Å²) in [6, 6.07) is 7.92. The van der Waals surface area contributed by atoms with Crippen molar-refractivity contribution in [1.29, 1.82) is 0 Å². The highest BCUT2D eigenvalue weighted by molar-refractivity contribution is 6.04.